The third-order valence-electron chi connectivity index (χ3n) is 3.61. The number of nitrogens with zero attached hydrogens (tertiary/aromatic N) is 1. The normalized spacial score (nSPS) is 29.4. The molecule has 2 N–H and O–H groups in total. The van der Waals surface area contributed by atoms with E-state index in [0.717, 1.165) is 38.8 Å². The minimum atomic E-state index is 0.0126. The number of hydrogen-bond acceptors (Lipinski definition) is 3. The van der Waals surface area contributed by atoms with E-state index in [-0.39, 0.29) is 24.7 Å². The molecule has 5 nitrogen and oxygen atoms in total. The summed E-state index contributed by atoms with van der Waals surface area (Å²) in [6.45, 7) is 2.33. The first-order valence-corrected chi connectivity index (χ1v) is 6.57. The van der Waals surface area contributed by atoms with Gasteiger partial charge in [0.15, 0.2) is 0 Å². The highest BCUT2D eigenvalue weighted by Gasteiger charge is 2.28. The Morgan fingerprint density at radius 2 is 2.29 bits per heavy atom. The van der Waals surface area contributed by atoms with Gasteiger partial charge < -0.3 is 20.1 Å². The van der Waals surface area contributed by atoms with Gasteiger partial charge in [0.2, 0.25) is 0 Å². The van der Waals surface area contributed by atoms with E-state index in [0.29, 0.717) is 13.0 Å². The molecule has 0 aromatic rings. The number of urea groups is 1. The Kier molecular flexibility index (Phi) is 4.62. The summed E-state index contributed by atoms with van der Waals surface area (Å²) in [7, 11) is 0. The molecule has 2 saturated heterocycles. The van der Waals surface area contributed by atoms with Crippen LogP contribution in [0.5, 0.6) is 0 Å². The monoisotopic (exact) mass is 242 g/mol. The molecule has 0 bridgehead atoms. The van der Waals surface area contributed by atoms with E-state index >= 15 is 0 Å². The predicted octanol–water partition coefficient (Wildman–Crippen LogP) is 0.722. The molecule has 5 heteroatoms. The molecule has 0 spiro atoms. The van der Waals surface area contributed by atoms with Gasteiger partial charge in [0.1, 0.15) is 0 Å². The quantitative estimate of drug-likeness (QED) is 0.766. The zero-order valence-electron chi connectivity index (χ0n) is 10.2. The van der Waals surface area contributed by atoms with Gasteiger partial charge in [-0.2, -0.15) is 0 Å². The minimum absolute atomic E-state index is 0.0126. The molecule has 0 aromatic heterocycles. The molecule has 17 heavy (non-hydrogen) atoms. The average molecular weight is 242 g/mol. The summed E-state index contributed by atoms with van der Waals surface area (Å²) in [5.41, 5.74) is 0. The Morgan fingerprint density at radius 1 is 1.41 bits per heavy atom. The summed E-state index contributed by atoms with van der Waals surface area (Å²) in [6.07, 6.45) is 4.82. The number of rotatable bonds is 3. The van der Waals surface area contributed by atoms with Crippen molar-refractivity contribution in [1.29, 1.82) is 0 Å². The Bertz CT molecular complexity index is 252. The van der Waals surface area contributed by atoms with E-state index in [2.05, 4.69) is 5.32 Å². The van der Waals surface area contributed by atoms with E-state index in [1.165, 1.54) is 0 Å². The van der Waals surface area contributed by atoms with Crippen molar-refractivity contribution in [3.8, 4) is 0 Å². The van der Waals surface area contributed by atoms with Crippen molar-refractivity contribution in [2.75, 3.05) is 26.4 Å². The number of ether oxygens (including phenoxy) is 1. The van der Waals surface area contributed by atoms with E-state index in [4.69, 9.17) is 9.84 Å². The van der Waals surface area contributed by atoms with Crippen molar-refractivity contribution in [2.45, 2.75) is 44.2 Å². The first kappa shape index (κ1) is 12.6. The van der Waals surface area contributed by atoms with Gasteiger partial charge in [-0.3, -0.25) is 0 Å². The molecule has 2 amide bonds. The molecule has 2 aliphatic heterocycles. The highest BCUT2D eigenvalue weighted by atomic mass is 16.5. The number of piperidine rings is 1. The topological polar surface area (TPSA) is 61.8 Å². The van der Waals surface area contributed by atoms with Crippen molar-refractivity contribution in [3.63, 3.8) is 0 Å². The summed E-state index contributed by atoms with van der Waals surface area (Å²) in [6, 6.07) is 0.383. The Hall–Kier alpha value is -0.810. The van der Waals surface area contributed by atoms with Crippen molar-refractivity contribution in [2.24, 2.45) is 0 Å². The lowest BCUT2D eigenvalue weighted by Crippen LogP contribution is -2.51. The molecule has 2 rings (SSSR count). The average Bonchev–Trinajstić information content (AvgIpc) is 2.83. The molecule has 2 atom stereocenters. The van der Waals surface area contributed by atoms with Crippen LogP contribution in [-0.4, -0.2) is 54.5 Å². The highest BCUT2D eigenvalue weighted by molar-refractivity contribution is 5.75. The lowest BCUT2D eigenvalue weighted by atomic mass is 10.00. The fourth-order valence-corrected chi connectivity index (χ4v) is 2.62. The Balaban J connectivity index is 1.86. The van der Waals surface area contributed by atoms with Crippen LogP contribution in [0.1, 0.15) is 32.1 Å². The summed E-state index contributed by atoms with van der Waals surface area (Å²) >= 11 is 0. The van der Waals surface area contributed by atoms with E-state index in [1.807, 2.05) is 4.90 Å². The SMILES string of the molecule is O=C(NC1CCOC1)N1CCCCC1CCO. The Labute approximate surface area is 102 Å². The standard InChI is InChI=1S/C12H22N2O3/c15-7-4-11-3-1-2-6-14(11)12(16)13-10-5-8-17-9-10/h10-11,15H,1-9H2,(H,13,16). The number of carbonyl (C=O) groups excluding carboxylic acids is 1. The third-order valence-corrected chi connectivity index (χ3v) is 3.61. The molecule has 0 saturated carbocycles. The van der Waals surface area contributed by atoms with Gasteiger partial charge in [-0.25, -0.2) is 4.79 Å². The molecule has 0 aliphatic carbocycles. The second-order valence-electron chi connectivity index (χ2n) is 4.87. The zero-order chi connectivity index (χ0) is 12.1. The largest absolute Gasteiger partial charge is 0.396 e. The van der Waals surface area contributed by atoms with Crippen LogP contribution in [0.3, 0.4) is 0 Å². The number of amides is 2. The molecular formula is C12H22N2O3. The van der Waals surface area contributed by atoms with Crippen LogP contribution in [0.2, 0.25) is 0 Å². The second kappa shape index (κ2) is 6.21. The number of hydrogen-bond donors (Lipinski definition) is 2. The lowest BCUT2D eigenvalue weighted by molar-refractivity contribution is 0.127. The first-order valence-electron chi connectivity index (χ1n) is 6.57. The molecule has 2 aliphatic rings. The van der Waals surface area contributed by atoms with Gasteiger partial charge in [-0.15, -0.1) is 0 Å². The third kappa shape index (κ3) is 3.33. The maximum atomic E-state index is 12.1. The molecule has 0 aromatic carbocycles. The number of nitrogens with one attached hydrogen (secondary N) is 1. The van der Waals surface area contributed by atoms with Crippen LogP contribution in [0, 0.1) is 0 Å². The van der Waals surface area contributed by atoms with Gasteiger partial charge in [0.05, 0.1) is 12.6 Å². The molecule has 98 valence electrons. The first-order chi connectivity index (χ1) is 8.31. The maximum Gasteiger partial charge on any atom is 0.317 e. The number of likely N-dealkylation sites (tertiary alicyclic amines) is 1. The van der Waals surface area contributed by atoms with Crippen LogP contribution < -0.4 is 5.32 Å². The second-order valence-corrected chi connectivity index (χ2v) is 4.87. The van der Waals surface area contributed by atoms with Crippen LogP contribution in [0.4, 0.5) is 4.79 Å². The van der Waals surface area contributed by atoms with Crippen LogP contribution in [-0.2, 0) is 4.74 Å². The van der Waals surface area contributed by atoms with Crippen molar-refractivity contribution in [3.05, 3.63) is 0 Å². The summed E-state index contributed by atoms with van der Waals surface area (Å²) in [5.74, 6) is 0. The maximum absolute atomic E-state index is 12.1. The van der Waals surface area contributed by atoms with Crippen LogP contribution in [0.15, 0.2) is 0 Å². The van der Waals surface area contributed by atoms with E-state index in [1.54, 1.807) is 0 Å². The fourth-order valence-electron chi connectivity index (χ4n) is 2.62. The van der Waals surface area contributed by atoms with Gasteiger partial charge in [0, 0.05) is 25.8 Å². The number of aliphatic hydroxyl groups excluding tert-OH is 1. The van der Waals surface area contributed by atoms with Gasteiger partial charge in [-0.05, 0) is 32.1 Å². The summed E-state index contributed by atoms with van der Waals surface area (Å²) in [4.78, 5) is 14.0. The van der Waals surface area contributed by atoms with Gasteiger partial charge in [-0.1, -0.05) is 0 Å². The molecule has 2 heterocycles. The number of carbonyl (C=O) groups is 1. The van der Waals surface area contributed by atoms with Crippen molar-refractivity contribution >= 4 is 6.03 Å². The summed E-state index contributed by atoms with van der Waals surface area (Å²) < 4.78 is 5.25. The van der Waals surface area contributed by atoms with Gasteiger partial charge >= 0.3 is 6.03 Å². The van der Waals surface area contributed by atoms with Gasteiger partial charge in [0.25, 0.3) is 0 Å². The smallest absolute Gasteiger partial charge is 0.317 e. The molecule has 0 radical (unpaired) electrons. The van der Waals surface area contributed by atoms with Crippen molar-refractivity contribution < 1.29 is 14.6 Å². The van der Waals surface area contributed by atoms with Crippen molar-refractivity contribution in [1.82, 2.24) is 10.2 Å². The number of aliphatic hydroxyl groups is 1. The Morgan fingerprint density at radius 3 is 3.00 bits per heavy atom. The minimum Gasteiger partial charge on any atom is -0.396 e. The zero-order valence-corrected chi connectivity index (χ0v) is 10.2. The lowest BCUT2D eigenvalue weighted by Gasteiger charge is -2.36. The van der Waals surface area contributed by atoms with E-state index in [9.17, 15) is 4.79 Å². The van der Waals surface area contributed by atoms with Crippen LogP contribution in [0.25, 0.3) is 0 Å². The molecule has 2 unspecified atom stereocenters. The van der Waals surface area contributed by atoms with E-state index < -0.39 is 0 Å². The highest BCUT2D eigenvalue weighted by Crippen LogP contribution is 2.19. The molecule has 2 fully saturated rings. The summed E-state index contributed by atoms with van der Waals surface area (Å²) in [5, 5.41) is 12.0. The fraction of sp³-hybridized carbons (Fsp3) is 0.917. The predicted molar refractivity (Wildman–Crippen MR) is 63.8 cm³/mol. The van der Waals surface area contributed by atoms with Crippen LogP contribution >= 0.6 is 0 Å². The molecular weight excluding hydrogens is 220 g/mol.